The summed E-state index contributed by atoms with van der Waals surface area (Å²) in [5.74, 6) is 2.20. The third kappa shape index (κ3) is 4.69. The Labute approximate surface area is 121 Å². The second-order valence-electron chi connectivity index (χ2n) is 5.43. The molecule has 4 nitrogen and oxygen atoms in total. The smallest absolute Gasteiger partial charge is 0.189 e. The number of ether oxygens (including phenoxy) is 3. The van der Waals surface area contributed by atoms with Crippen LogP contribution in [-0.2, 0) is 11.2 Å². The maximum atomic E-state index is 5.99. The molecule has 0 aromatic heterocycles. The lowest BCUT2D eigenvalue weighted by Crippen LogP contribution is -2.21. The van der Waals surface area contributed by atoms with Crippen LogP contribution in [0.25, 0.3) is 0 Å². The van der Waals surface area contributed by atoms with E-state index in [9.17, 15) is 0 Å². The Morgan fingerprint density at radius 1 is 1.30 bits per heavy atom. The summed E-state index contributed by atoms with van der Waals surface area (Å²) >= 11 is 0. The Morgan fingerprint density at radius 2 is 2.10 bits per heavy atom. The topological polar surface area (TPSA) is 53.7 Å². The van der Waals surface area contributed by atoms with Gasteiger partial charge in [-0.15, -0.1) is 0 Å². The molecule has 1 fully saturated rings. The third-order valence-corrected chi connectivity index (χ3v) is 3.60. The Hall–Kier alpha value is -1.26. The quantitative estimate of drug-likeness (QED) is 0.558. The Kier molecular flexibility index (Phi) is 5.68. The highest BCUT2D eigenvalue weighted by Crippen LogP contribution is 2.30. The summed E-state index contributed by atoms with van der Waals surface area (Å²) in [5.41, 5.74) is 7.15. The molecule has 20 heavy (non-hydrogen) atoms. The average molecular weight is 279 g/mol. The van der Waals surface area contributed by atoms with Gasteiger partial charge in [0.1, 0.15) is 0 Å². The van der Waals surface area contributed by atoms with E-state index in [2.05, 4.69) is 6.92 Å². The van der Waals surface area contributed by atoms with Gasteiger partial charge in [-0.2, -0.15) is 0 Å². The second kappa shape index (κ2) is 7.50. The molecule has 0 amide bonds. The van der Waals surface area contributed by atoms with E-state index >= 15 is 0 Å². The van der Waals surface area contributed by atoms with E-state index in [1.165, 1.54) is 12.8 Å². The van der Waals surface area contributed by atoms with Crippen LogP contribution in [0.4, 0.5) is 0 Å². The molecule has 0 saturated heterocycles. The summed E-state index contributed by atoms with van der Waals surface area (Å²) in [5, 5.41) is 0. The molecule has 1 aromatic carbocycles. The molecule has 1 atom stereocenters. The van der Waals surface area contributed by atoms with Gasteiger partial charge in [-0.1, -0.05) is 13.0 Å². The van der Waals surface area contributed by atoms with Crippen molar-refractivity contribution in [3.63, 3.8) is 0 Å². The van der Waals surface area contributed by atoms with Crippen molar-refractivity contribution < 1.29 is 14.2 Å². The molecule has 1 saturated carbocycles. The lowest BCUT2D eigenvalue weighted by Gasteiger charge is -2.14. The minimum absolute atomic E-state index is 0.183. The van der Waals surface area contributed by atoms with Gasteiger partial charge in [0.15, 0.2) is 18.3 Å². The van der Waals surface area contributed by atoms with Crippen molar-refractivity contribution in [3.05, 3.63) is 23.8 Å². The number of methoxy groups -OCH3 is 1. The first-order chi connectivity index (χ1) is 9.72. The molecule has 0 radical (unpaired) electrons. The number of benzene rings is 1. The standard InChI is InChI=1S/C16H25NO3/c1-3-14(17)8-13-6-7-15(18-2)16(9-13)20-11-19-10-12-4-5-12/h6-7,9,12,14H,3-5,8,10-11,17H2,1-2H3. The average Bonchev–Trinajstić information content (AvgIpc) is 3.28. The first kappa shape index (κ1) is 15.1. The number of rotatable bonds is 9. The molecule has 2 rings (SSSR count). The number of nitrogens with two attached hydrogens (primary N) is 1. The third-order valence-electron chi connectivity index (χ3n) is 3.60. The van der Waals surface area contributed by atoms with Crippen LogP contribution >= 0.6 is 0 Å². The summed E-state index contributed by atoms with van der Waals surface area (Å²) in [6.07, 6.45) is 4.38. The van der Waals surface area contributed by atoms with E-state index in [0.29, 0.717) is 0 Å². The maximum absolute atomic E-state index is 5.99. The van der Waals surface area contributed by atoms with E-state index < -0.39 is 0 Å². The zero-order valence-electron chi connectivity index (χ0n) is 12.4. The normalized spacial score (nSPS) is 15.9. The summed E-state index contributed by atoms with van der Waals surface area (Å²) in [4.78, 5) is 0. The summed E-state index contributed by atoms with van der Waals surface area (Å²) in [7, 11) is 1.64. The van der Waals surface area contributed by atoms with Gasteiger partial charge in [0.25, 0.3) is 0 Å². The maximum Gasteiger partial charge on any atom is 0.189 e. The highest BCUT2D eigenvalue weighted by atomic mass is 16.7. The molecule has 1 aliphatic rings. The van der Waals surface area contributed by atoms with E-state index in [1.807, 2.05) is 18.2 Å². The zero-order valence-corrected chi connectivity index (χ0v) is 12.4. The molecule has 1 unspecified atom stereocenters. The van der Waals surface area contributed by atoms with Crippen molar-refractivity contribution in [2.45, 2.75) is 38.6 Å². The highest BCUT2D eigenvalue weighted by Gasteiger charge is 2.21. The van der Waals surface area contributed by atoms with Crippen molar-refractivity contribution in [2.75, 3.05) is 20.5 Å². The molecule has 1 aliphatic carbocycles. The molecule has 112 valence electrons. The molecular weight excluding hydrogens is 254 g/mol. The largest absolute Gasteiger partial charge is 0.493 e. The van der Waals surface area contributed by atoms with E-state index in [0.717, 1.165) is 42.4 Å². The van der Waals surface area contributed by atoms with Crippen LogP contribution in [0.1, 0.15) is 31.7 Å². The lowest BCUT2D eigenvalue weighted by molar-refractivity contribution is 0.00862. The van der Waals surface area contributed by atoms with Crippen molar-refractivity contribution in [1.82, 2.24) is 0 Å². The SMILES string of the molecule is CCC(N)Cc1ccc(OC)c(OCOCC2CC2)c1. The number of hydrogen-bond acceptors (Lipinski definition) is 4. The Bertz CT molecular complexity index is 418. The van der Waals surface area contributed by atoms with Gasteiger partial charge in [-0.05, 0) is 49.3 Å². The first-order valence-electron chi connectivity index (χ1n) is 7.36. The van der Waals surface area contributed by atoms with E-state index in [-0.39, 0.29) is 12.8 Å². The van der Waals surface area contributed by atoms with Gasteiger partial charge in [-0.25, -0.2) is 0 Å². The number of hydrogen-bond donors (Lipinski definition) is 1. The molecule has 0 bridgehead atoms. The van der Waals surface area contributed by atoms with Crippen LogP contribution < -0.4 is 15.2 Å². The van der Waals surface area contributed by atoms with Gasteiger partial charge in [-0.3, -0.25) is 0 Å². The van der Waals surface area contributed by atoms with Crippen LogP contribution in [0.2, 0.25) is 0 Å². The zero-order chi connectivity index (χ0) is 14.4. The van der Waals surface area contributed by atoms with Crippen molar-refractivity contribution >= 4 is 0 Å². The first-order valence-corrected chi connectivity index (χ1v) is 7.36. The van der Waals surface area contributed by atoms with Crippen molar-refractivity contribution in [2.24, 2.45) is 11.7 Å². The van der Waals surface area contributed by atoms with E-state index in [4.69, 9.17) is 19.9 Å². The van der Waals surface area contributed by atoms with E-state index in [1.54, 1.807) is 7.11 Å². The van der Waals surface area contributed by atoms with Crippen LogP contribution in [0.3, 0.4) is 0 Å². The molecule has 4 heteroatoms. The van der Waals surface area contributed by atoms with Gasteiger partial charge >= 0.3 is 0 Å². The van der Waals surface area contributed by atoms with Crippen LogP contribution in [0.15, 0.2) is 18.2 Å². The lowest BCUT2D eigenvalue weighted by atomic mass is 10.0. The summed E-state index contributed by atoms with van der Waals surface area (Å²) in [6, 6.07) is 6.14. The summed E-state index contributed by atoms with van der Waals surface area (Å²) in [6.45, 7) is 3.16. The van der Waals surface area contributed by atoms with Gasteiger partial charge in [0.2, 0.25) is 0 Å². The van der Waals surface area contributed by atoms with Crippen LogP contribution in [-0.4, -0.2) is 26.6 Å². The summed E-state index contributed by atoms with van der Waals surface area (Å²) < 4.78 is 16.5. The molecule has 2 N–H and O–H groups in total. The second-order valence-corrected chi connectivity index (χ2v) is 5.43. The van der Waals surface area contributed by atoms with Crippen LogP contribution in [0, 0.1) is 5.92 Å². The Morgan fingerprint density at radius 3 is 2.75 bits per heavy atom. The predicted octanol–water partition coefficient (Wildman–Crippen LogP) is 2.74. The minimum Gasteiger partial charge on any atom is -0.493 e. The molecular formula is C16H25NO3. The van der Waals surface area contributed by atoms with Crippen LogP contribution in [0.5, 0.6) is 11.5 Å². The molecule has 0 aliphatic heterocycles. The monoisotopic (exact) mass is 279 g/mol. The van der Waals surface area contributed by atoms with Gasteiger partial charge < -0.3 is 19.9 Å². The highest BCUT2D eigenvalue weighted by molar-refractivity contribution is 5.43. The fraction of sp³-hybridized carbons (Fsp3) is 0.625. The molecule has 0 heterocycles. The molecule has 1 aromatic rings. The van der Waals surface area contributed by atoms with Crippen molar-refractivity contribution in [1.29, 1.82) is 0 Å². The predicted molar refractivity (Wildman–Crippen MR) is 79.1 cm³/mol. The fourth-order valence-electron chi connectivity index (χ4n) is 2.01. The van der Waals surface area contributed by atoms with Gasteiger partial charge in [0, 0.05) is 6.04 Å². The minimum atomic E-state index is 0.183. The van der Waals surface area contributed by atoms with Gasteiger partial charge in [0.05, 0.1) is 13.7 Å². The fourth-order valence-corrected chi connectivity index (χ4v) is 2.01. The molecule has 0 spiro atoms. The Balaban J connectivity index is 1.90. The van der Waals surface area contributed by atoms with Crippen molar-refractivity contribution in [3.8, 4) is 11.5 Å².